The van der Waals surface area contributed by atoms with E-state index in [1.807, 2.05) is 0 Å². The van der Waals surface area contributed by atoms with E-state index in [1.54, 1.807) is 0 Å². The zero-order valence-electron chi connectivity index (χ0n) is 16.0. The van der Waals surface area contributed by atoms with Gasteiger partial charge in [-0.05, 0) is 55.7 Å². The molecule has 0 aliphatic carbocycles. The summed E-state index contributed by atoms with van der Waals surface area (Å²) in [5, 5.41) is 0. The number of hydrogen-bond donors (Lipinski definition) is 0. The molecule has 129 valence electrons. The smallest absolute Gasteiger partial charge is 0.365 e. The van der Waals surface area contributed by atoms with Crippen molar-refractivity contribution in [3.8, 4) is 0 Å². The second-order valence-electron chi connectivity index (χ2n) is 6.93. The van der Waals surface area contributed by atoms with E-state index in [9.17, 15) is 0 Å². The normalized spacial score (nSPS) is 13.7. The van der Waals surface area contributed by atoms with Crippen molar-refractivity contribution in [2.45, 2.75) is 20.8 Å². The van der Waals surface area contributed by atoms with Crippen molar-refractivity contribution in [3.63, 3.8) is 0 Å². The molecule has 1 heterocycles. The van der Waals surface area contributed by atoms with Crippen molar-refractivity contribution in [1.29, 1.82) is 0 Å². The van der Waals surface area contributed by atoms with E-state index in [0.717, 1.165) is 0 Å². The first-order valence-corrected chi connectivity index (χ1v) is 9.20. The zero-order valence-corrected chi connectivity index (χ0v) is 16.0. The van der Waals surface area contributed by atoms with E-state index >= 15 is 0 Å². The number of hydrogen-bond acceptors (Lipinski definition) is 3. The Morgan fingerprint density at radius 1 is 0.444 bits per heavy atom. The molecular weight excluding hydrogens is 327 g/mol. The summed E-state index contributed by atoms with van der Waals surface area (Å²) in [4.78, 5) is 0. The highest BCUT2D eigenvalue weighted by Crippen LogP contribution is 2.28. The van der Waals surface area contributed by atoms with Crippen LogP contribution in [0, 0.1) is 20.8 Å². The predicted octanol–water partition coefficient (Wildman–Crippen LogP) is 4.05. The van der Waals surface area contributed by atoms with E-state index in [1.165, 1.54) is 33.8 Å². The fourth-order valence-corrected chi connectivity index (χ4v) is 3.42. The average Bonchev–Trinajstić information content (AvgIpc) is 2.69. The molecular formula is C21H21B3N3. The minimum atomic E-state index is 1.17. The van der Waals surface area contributed by atoms with E-state index < -0.39 is 0 Å². The number of rotatable bonds is 3. The van der Waals surface area contributed by atoms with Crippen LogP contribution in [0.25, 0.3) is 0 Å². The van der Waals surface area contributed by atoms with Crippen LogP contribution in [-0.4, -0.2) is 22.6 Å². The van der Waals surface area contributed by atoms with Crippen LogP contribution in [0.4, 0.5) is 17.1 Å². The minimum Gasteiger partial charge on any atom is -0.430 e. The highest BCUT2D eigenvalue weighted by molar-refractivity contribution is 6.87. The Labute approximate surface area is 164 Å². The second-order valence-corrected chi connectivity index (χ2v) is 6.93. The highest BCUT2D eigenvalue weighted by Gasteiger charge is 2.31. The van der Waals surface area contributed by atoms with E-state index in [2.05, 4.69) is 130 Å². The van der Waals surface area contributed by atoms with Gasteiger partial charge in [-0.1, -0.05) is 54.6 Å². The van der Waals surface area contributed by atoms with Crippen LogP contribution in [-0.2, 0) is 0 Å². The summed E-state index contributed by atoms with van der Waals surface area (Å²) in [6.07, 6.45) is 0. The van der Waals surface area contributed by atoms with Gasteiger partial charge >= 0.3 is 22.6 Å². The van der Waals surface area contributed by atoms with Crippen LogP contribution in [0.5, 0.6) is 0 Å². The largest absolute Gasteiger partial charge is 0.430 e. The van der Waals surface area contributed by atoms with Crippen molar-refractivity contribution in [2.75, 3.05) is 14.2 Å². The summed E-state index contributed by atoms with van der Waals surface area (Å²) in [5.74, 6) is 0. The quantitative estimate of drug-likeness (QED) is 0.662. The third-order valence-corrected chi connectivity index (χ3v) is 4.93. The molecule has 3 aromatic carbocycles. The molecule has 3 nitrogen and oxygen atoms in total. The van der Waals surface area contributed by atoms with Gasteiger partial charge < -0.3 is 14.2 Å². The summed E-state index contributed by atoms with van der Waals surface area (Å²) in [5.41, 5.74) is 7.22. The number of nitrogens with zero attached hydrogens (tertiary/aromatic N) is 3. The Kier molecular flexibility index (Phi) is 4.89. The molecule has 0 spiro atoms. The molecule has 6 heteroatoms. The van der Waals surface area contributed by atoms with Crippen molar-refractivity contribution in [2.24, 2.45) is 0 Å². The SMILES string of the molecule is Cc1ccccc1N1[B]N(c2ccccc2C)[B]N(c2ccccc2C)[B]1. The molecule has 0 saturated carbocycles. The molecule has 0 aromatic heterocycles. The first kappa shape index (κ1) is 17.7. The summed E-state index contributed by atoms with van der Waals surface area (Å²) >= 11 is 0. The van der Waals surface area contributed by atoms with Crippen molar-refractivity contribution < 1.29 is 0 Å². The Morgan fingerprint density at radius 3 is 0.963 bits per heavy atom. The Balaban J connectivity index is 1.74. The van der Waals surface area contributed by atoms with Crippen LogP contribution in [0.3, 0.4) is 0 Å². The summed E-state index contributed by atoms with van der Waals surface area (Å²) < 4.78 is 6.57. The van der Waals surface area contributed by atoms with Gasteiger partial charge in [0.2, 0.25) is 0 Å². The first-order valence-electron chi connectivity index (χ1n) is 9.20. The van der Waals surface area contributed by atoms with Gasteiger partial charge in [-0.2, -0.15) is 0 Å². The molecule has 3 radical (unpaired) electrons. The number of para-hydroxylation sites is 3. The number of anilines is 3. The molecule has 3 aromatic rings. The van der Waals surface area contributed by atoms with Crippen molar-refractivity contribution in [3.05, 3.63) is 89.5 Å². The molecule has 1 fully saturated rings. The Hall–Kier alpha value is -2.75. The Morgan fingerprint density at radius 2 is 0.704 bits per heavy atom. The van der Waals surface area contributed by atoms with Crippen LogP contribution < -0.4 is 14.2 Å². The highest BCUT2D eigenvalue weighted by atomic mass is 15.3. The predicted molar refractivity (Wildman–Crippen MR) is 118 cm³/mol. The van der Waals surface area contributed by atoms with E-state index in [4.69, 9.17) is 0 Å². The minimum absolute atomic E-state index is 1.17. The van der Waals surface area contributed by atoms with Gasteiger partial charge in [0, 0.05) is 17.1 Å². The molecule has 0 atom stereocenters. The monoisotopic (exact) mass is 348 g/mol. The molecule has 27 heavy (non-hydrogen) atoms. The number of benzene rings is 3. The van der Waals surface area contributed by atoms with Crippen LogP contribution in [0.2, 0.25) is 0 Å². The van der Waals surface area contributed by atoms with Gasteiger partial charge in [0.25, 0.3) is 0 Å². The molecule has 4 rings (SSSR count). The van der Waals surface area contributed by atoms with Crippen LogP contribution in [0.1, 0.15) is 16.7 Å². The van der Waals surface area contributed by atoms with Crippen molar-refractivity contribution >= 4 is 39.7 Å². The molecule has 0 amide bonds. The fraction of sp³-hybridized carbons (Fsp3) is 0.143. The first-order chi connectivity index (χ1) is 13.1. The average molecular weight is 348 g/mol. The van der Waals surface area contributed by atoms with Gasteiger partial charge in [-0.15, -0.1) is 0 Å². The summed E-state index contributed by atoms with van der Waals surface area (Å²) in [7, 11) is 6.41. The lowest BCUT2D eigenvalue weighted by molar-refractivity contribution is 1.30. The van der Waals surface area contributed by atoms with E-state index in [-0.39, 0.29) is 0 Å². The lowest BCUT2D eigenvalue weighted by atomic mass is 9.71. The van der Waals surface area contributed by atoms with Gasteiger partial charge in [0.05, 0.1) is 0 Å². The zero-order chi connectivity index (χ0) is 18.8. The van der Waals surface area contributed by atoms with Gasteiger partial charge in [-0.3, -0.25) is 0 Å². The molecule has 0 N–H and O–H groups in total. The molecule has 0 bridgehead atoms. The third kappa shape index (κ3) is 3.57. The molecule has 1 aliphatic rings. The van der Waals surface area contributed by atoms with Crippen LogP contribution in [0.15, 0.2) is 72.8 Å². The second kappa shape index (κ2) is 7.47. The lowest BCUT2D eigenvalue weighted by Gasteiger charge is -2.44. The lowest BCUT2D eigenvalue weighted by Crippen LogP contribution is -2.63. The molecule has 0 unspecified atom stereocenters. The summed E-state index contributed by atoms with van der Waals surface area (Å²) in [6.45, 7) is 6.43. The number of aryl methyl sites for hydroxylation is 3. The topological polar surface area (TPSA) is 9.72 Å². The van der Waals surface area contributed by atoms with Crippen LogP contribution >= 0.6 is 0 Å². The summed E-state index contributed by atoms with van der Waals surface area (Å²) in [6, 6.07) is 25.4. The van der Waals surface area contributed by atoms with Gasteiger partial charge in [-0.25, -0.2) is 0 Å². The molecule has 1 aliphatic heterocycles. The standard InChI is InChI=1S/C21H21B3N3/c1-16-10-4-7-13-19(16)25-22-26(20-14-8-5-11-17(20)2)24-27(23-25)21-15-9-6-12-18(21)3/h4-15H,1-3H3. The van der Waals surface area contributed by atoms with Crippen molar-refractivity contribution in [1.82, 2.24) is 0 Å². The maximum atomic E-state index is 2.19. The van der Waals surface area contributed by atoms with E-state index in [0.29, 0.717) is 0 Å². The van der Waals surface area contributed by atoms with Gasteiger partial charge in [0.1, 0.15) is 0 Å². The van der Waals surface area contributed by atoms with Gasteiger partial charge in [0.15, 0.2) is 0 Å². The maximum absolute atomic E-state index is 2.19. The fourth-order valence-electron chi connectivity index (χ4n) is 3.42. The third-order valence-electron chi connectivity index (χ3n) is 4.93. The maximum Gasteiger partial charge on any atom is 0.365 e. The molecule has 1 saturated heterocycles. The Bertz CT molecular complexity index is 819.